The third kappa shape index (κ3) is 3.31. The van der Waals surface area contributed by atoms with E-state index in [0.717, 1.165) is 11.3 Å². The molecule has 0 unspecified atom stereocenters. The van der Waals surface area contributed by atoms with E-state index < -0.39 is 15.2 Å². The molecule has 3 rings (SSSR count). The lowest BCUT2D eigenvalue weighted by atomic mass is 10.1. The molecule has 5 nitrogen and oxygen atoms in total. The van der Waals surface area contributed by atoms with Gasteiger partial charge < -0.3 is 15.2 Å². The number of fused-ring (bicyclic) bond motifs is 1. The Labute approximate surface area is 148 Å². The molecule has 1 aliphatic rings. The summed E-state index contributed by atoms with van der Waals surface area (Å²) >= 11 is 0. The van der Waals surface area contributed by atoms with E-state index in [1.54, 1.807) is 36.4 Å². The Kier molecular flexibility index (Phi) is 4.64. The smallest absolute Gasteiger partial charge is 0.199 e. The number of hydrogen-bond donors (Lipinski definition) is 2. The van der Waals surface area contributed by atoms with Crippen molar-refractivity contribution in [2.45, 2.75) is 30.5 Å². The van der Waals surface area contributed by atoms with Crippen LogP contribution in [0.1, 0.15) is 25.0 Å². The SMILES string of the molecule is [CH2]c1cccc(N[C@H](C(C)C)S(=O)(=O)c2ccc3c(c2)CCO3)c1O. The first-order chi connectivity index (χ1) is 11.8. The number of nitrogens with one attached hydrogen (secondary N) is 1. The summed E-state index contributed by atoms with van der Waals surface area (Å²) in [6.45, 7) is 7.98. The van der Waals surface area contributed by atoms with Crippen LogP contribution in [-0.4, -0.2) is 25.5 Å². The van der Waals surface area contributed by atoms with Gasteiger partial charge in [0.05, 0.1) is 17.2 Å². The lowest BCUT2D eigenvalue weighted by molar-refractivity contribution is 0.356. The zero-order chi connectivity index (χ0) is 18.2. The molecular weight excluding hydrogens is 338 g/mol. The zero-order valence-electron chi connectivity index (χ0n) is 14.3. The van der Waals surface area contributed by atoms with Gasteiger partial charge in [-0.2, -0.15) is 0 Å². The summed E-state index contributed by atoms with van der Waals surface area (Å²) in [4.78, 5) is 0.258. The standard InChI is InChI=1S/C19H22NO4S/c1-12(2)19(20-16-6-4-5-13(3)18(16)21)25(22,23)15-7-8-17-14(11-15)9-10-24-17/h4-8,11-12,19-21H,3,9-10H2,1-2H3/t19-/m0/s1. The van der Waals surface area contributed by atoms with Gasteiger partial charge in [-0.25, -0.2) is 8.42 Å². The lowest BCUT2D eigenvalue weighted by Crippen LogP contribution is -2.34. The summed E-state index contributed by atoms with van der Waals surface area (Å²) in [5.41, 5.74) is 1.71. The number of para-hydroxylation sites is 1. The van der Waals surface area contributed by atoms with Gasteiger partial charge in [-0.1, -0.05) is 26.0 Å². The van der Waals surface area contributed by atoms with Gasteiger partial charge in [0.2, 0.25) is 0 Å². The topological polar surface area (TPSA) is 75.6 Å². The molecule has 0 amide bonds. The predicted octanol–water partition coefficient (Wildman–Crippen LogP) is 3.38. The molecule has 2 N–H and O–H groups in total. The molecular formula is C19H22NO4S. The molecule has 133 valence electrons. The summed E-state index contributed by atoms with van der Waals surface area (Å²) < 4.78 is 31.8. The van der Waals surface area contributed by atoms with E-state index in [4.69, 9.17) is 4.74 Å². The predicted molar refractivity (Wildman–Crippen MR) is 97.6 cm³/mol. The molecule has 1 atom stereocenters. The summed E-state index contributed by atoms with van der Waals surface area (Å²) in [5.74, 6) is 0.503. The molecule has 1 aliphatic heterocycles. The van der Waals surface area contributed by atoms with Crippen LogP contribution in [-0.2, 0) is 16.3 Å². The normalized spacial score (nSPS) is 14.9. The fraction of sp³-hybridized carbons (Fsp3) is 0.316. The number of benzene rings is 2. The average Bonchev–Trinajstić information content (AvgIpc) is 3.03. The van der Waals surface area contributed by atoms with Crippen LogP contribution in [0, 0.1) is 12.8 Å². The largest absolute Gasteiger partial charge is 0.505 e. The minimum atomic E-state index is -3.65. The molecule has 2 aromatic carbocycles. The summed E-state index contributed by atoms with van der Waals surface area (Å²) in [5, 5.41) is 12.3. The van der Waals surface area contributed by atoms with Gasteiger partial charge >= 0.3 is 0 Å². The highest BCUT2D eigenvalue weighted by molar-refractivity contribution is 7.92. The van der Waals surface area contributed by atoms with Gasteiger partial charge in [0, 0.05) is 6.42 Å². The monoisotopic (exact) mass is 360 g/mol. The number of phenols is 1. The van der Waals surface area contributed by atoms with Crippen LogP contribution in [0.15, 0.2) is 41.3 Å². The molecule has 0 saturated heterocycles. The van der Waals surface area contributed by atoms with Gasteiger partial charge in [-0.3, -0.25) is 0 Å². The first kappa shape index (κ1) is 17.6. The van der Waals surface area contributed by atoms with Crippen molar-refractivity contribution in [1.82, 2.24) is 0 Å². The third-order valence-electron chi connectivity index (χ3n) is 4.35. The maximum absolute atomic E-state index is 13.2. The second-order valence-electron chi connectivity index (χ2n) is 6.54. The second-order valence-corrected chi connectivity index (χ2v) is 8.60. The molecule has 2 aromatic rings. The summed E-state index contributed by atoms with van der Waals surface area (Å²) in [6.07, 6.45) is 0.711. The number of rotatable bonds is 5. The first-order valence-corrected chi connectivity index (χ1v) is 9.75. The molecule has 1 radical (unpaired) electrons. The van der Waals surface area contributed by atoms with Gasteiger partial charge in [0.15, 0.2) is 9.84 Å². The number of hydrogen-bond acceptors (Lipinski definition) is 5. The molecule has 6 heteroatoms. The van der Waals surface area contributed by atoms with E-state index in [9.17, 15) is 13.5 Å². The molecule has 0 spiro atoms. The van der Waals surface area contributed by atoms with Crippen molar-refractivity contribution in [3.63, 3.8) is 0 Å². The Morgan fingerprint density at radius 2 is 2.00 bits per heavy atom. The Balaban J connectivity index is 1.98. The summed E-state index contributed by atoms with van der Waals surface area (Å²) in [6, 6.07) is 10.0. The number of phenolic OH excluding ortho intramolecular Hbond substituents is 1. The van der Waals surface area contributed by atoms with Crippen molar-refractivity contribution in [1.29, 1.82) is 0 Å². The number of aromatic hydroxyl groups is 1. The molecule has 0 bridgehead atoms. The van der Waals surface area contributed by atoms with E-state index in [2.05, 4.69) is 12.2 Å². The van der Waals surface area contributed by atoms with E-state index in [1.165, 1.54) is 0 Å². The fourth-order valence-corrected chi connectivity index (χ4v) is 4.81. The van der Waals surface area contributed by atoms with Crippen LogP contribution in [0.25, 0.3) is 0 Å². The van der Waals surface area contributed by atoms with Crippen molar-refractivity contribution >= 4 is 15.5 Å². The van der Waals surface area contributed by atoms with Crippen LogP contribution < -0.4 is 10.1 Å². The Morgan fingerprint density at radius 1 is 1.24 bits per heavy atom. The molecule has 0 aliphatic carbocycles. The molecule has 0 fully saturated rings. The van der Waals surface area contributed by atoms with E-state index in [0.29, 0.717) is 24.3 Å². The van der Waals surface area contributed by atoms with Crippen molar-refractivity contribution in [2.24, 2.45) is 5.92 Å². The molecule has 0 aromatic heterocycles. The van der Waals surface area contributed by atoms with Gasteiger partial charge in [-0.05, 0) is 48.2 Å². The minimum absolute atomic E-state index is 0.0364. The Bertz CT molecular complexity index is 890. The van der Waals surface area contributed by atoms with E-state index in [1.807, 2.05) is 13.8 Å². The van der Waals surface area contributed by atoms with Crippen LogP contribution in [0.4, 0.5) is 5.69 Å². The number of sulfone groups is 1. The maximum Gasteiger partial charge on any atom is 0.199 e. The van der Waals surface area contributed by atoms with Crippen LogP contribution >= 0.6 is 0 Å². The van der Waals surface area contributed by atoms with Crippen LogP contribution in [0.3, 0.4) is 0 Å². The van der Waals surface area contributed by atoms with Crippen molar-refractivity contribution in [3.8, 4) is 11.5 Å². The fourth-order valence-electron chi connectivity index (χ4n) is 2.95. The first-order valence-electron chi connectivity index (χ1n) is 8.21. The zero-order valence-corrected chi connectivity index (χ0v) is 15.1. The van der Waals surface area contributed by atoms with Crippen LogP contribution in [0.2, 0.25) is 0 Å². The quantitative estimate of drug-likeness (QED) is 0.800. The summed E-state index contributed by atoms with van der Waals surface area (Å²) in [7, 11) is -3.65. The maximum atomic E-state index is 13.2. The van der Waals surface area contributed by atoms with Gasteiger partial charge in [-0.15, -0.1) is 0 Å². The van der Waals surface area contributed by atoms with E-state index >= 15 is 0 Å². The van der Waals surface area contributed by atoms with Crippen molar-refractivity contribution < 1.29 is 18.3 Å². The van der Waals surface area contributed by atoms with Gasteiger partial charge in [0.1, 0.15) is 16.9 Å². The number of anilines is 1. The highest BCUT2D eigenvalue weighted by Crippen LogP contribution is 2.33. The minimum Gasteiger partial charge on any atom is -0.505 e. The average molecular weight is 360 g/mol. The molecule has 25 heavy (non-hydrogen) atoms. The Morgan fingerprint density at radius 3 is 2.72 bits per heavy atom. The second kappa shape index (κ2) is 6.59. The third-order valence-corrected chi connectivity index (χ3v) is 6.59. The van der Waals surface area contributed by atoms with Crippen LogP contribution in [0.5, 0.6) is 11.5 Å². The highest BCUT2D eigenvalue weighted by Gasteiger charge is 2.32. The van der Waals surface area contributed by atoms with Crippen molar-refractivity contribution in [2.75, 3.05) is 11.9 Å². The van der Waals surface area contributed by atoms with Gasteiger partial charge in [0.25, 0.3) is 0 Å². The van der Waals surface area contributed by atoms with E-state index in [-0.39, 0.29) is 16.6 Å². The number of ether oxygens (including phenoxy) is 1. The highest BCUT2D eigenvalue weighted by atomic mass is 32.2. The Hall–Kier alpha value is -2.21. The lowest BCUT2D eigenvalue weighted by Gasteiger charge is -2.24. The molecule has 1 heterocycles. The molecule has 0 saturated carbocycles. The van der Waals surface area contributed by atoms with Crippen molar-refractivity contribution in [3.05, 3.63) is 54.4 Å².